The molecule has 2 amide bonds. The zero-order chi connectivity index (χ0) is 15.4. The molecule has 0 aliphatic heterocycles. The second-order valence-electron chi connectivity index (χ2n) is 4.19. The van der Waals surface area contributed by atoms with Gasteiger partial charge >= 0.3 is 5.97 Å². The van der Waals surface area contributed by atoms with Crippen LogP contribution in [0.4, 0.5) is 0 Å². The predicted octanol–water partition coefficient (Wildman–Crippen LogP) is 1.33. The van der Waals surface area contributed by atoms with Gasteiger partial charge in [0.1, 0.15) is 6.54 Å². The summed E-state index contributed by atoms with van der Waals surface area (Å²) in [6.07, 6.45) is 0. The van der Waals surface area contributed by atoms with Crippen molar-refractivity contribution in [3.05, 3.63) is 46.8 Å². The van der Waals surface area contributed by atoms with Crippen molar-refractivity contribution >= 4 is 29.1 Å². The van der Waals surface area contributed by atoms with Crippen LogP contribution in [0.15, 0.2) is 35.7 Å². The van der Waals surface area contributed by atoms with Gasteiger partial charge in [-0.25, -0.2) is 0 Å². The Bertz CT molecular complexity index is 709. The molecule has 7 heteroatoms. The monoisotopic (exact) mass is 304 g/mol. The van der Waals surface area contributed by atoms with Gasteiger partial charge in [-0.05, 0) is 12.1 Å². The number of rotatable bonds is 5. The normalized spacial score (nSPS) is 10.1. The van der Waals surface area contributed by atoms with E-state index >= 15 is 0 Å². The molecule has 0 bridgehead atoms. The summed E-state index contributed by atoms with van der Waals surface area (Å²) >= 11 is 1.29. The lowest BCUT2D eigenvalue weighted by atomic mass is 10.0. The third-order valence-electron chi connectivity index (χ3n) is 2.72. The van der Waals surface area contributed by atoms with Gasteiger partial charge in [0.15, 0.2) is 0 Å². The minimum Gasteiger partial charge on any atom is -0.480 e. The van der Waals surface area contributed by atoms with Crippen LogP contribution < -0.4 is 11.1 Å². The number of thiophene rings is 1. The van der Waals surface area contributed by atoms with Gasteiger partial charge in [0, 0.05) is 21.4 Å². The van der Waals surface area contributed by atoms with Crippen molar-refractivity contribution in [2.24, 2.45) is 5.73 Å². The Balaban J connectivity index is 2.33. The number of nitrogens with two attached hydrogens (primary N) is 1. The van der Waals surface area contributed by atoms with Gasteiger partial charge in [0.2, 0.25) is 5.91 Å². The third kappa shape index (κ3) is 3.46. The summed E-state index contributed by atoms with van der Waals surface area (Å²) < 4.78 is 0. The number of hydrogen-bond acceptors (Lipinski definition) is 4. The smallest absolute Gasteiger partial charge is 0.322 e. The lowest BCUT2D eigenvalue weighted by molar-refractivity contribution is -0.135. The Morgan fingerprint density at radius 2 is 1.95 bits per heavy atom. The zero-order valence-corrected chi connectivity index (χ0v) is 11.6. The average molecular weight is 304 g/mol. The lowest BCUT2D eigenvalue weighted by Gasteiger charge is -2.07. The van der Waals surface area contributed by atoms with Crippen LogP contribution in [0.2, 0.25) is 0 Å². The zero-order valence-electron chi connectivity index (χ0n) is 10.8. The van der Waals surface area contributed by atoms with Crippen LogP contribution >= 0.6 is 11.3 Å². The summed E-state index contributed by atoms with van der Waals surface area (Å²) in [5.74, 6) is -2.14. The third-order valence-corrected chi connectivity index (χ3v) is 3.68. The molecular formula is C14H12N2O4S. The summed E-state index contributed by atoms with van der Waals surface area (Å²) in [5.41, 5.74) is 6.55. The minimum atomic E-state index is -1.12. The van der Waals surface area contributed by atoms with Crippen LogP contribution in [0, 0.1) is 0 Å². The molecule has 2 rings (SSSR count). The largest absolute Gasteiger partial charge is 0.480 e. The van der Waals surface area contributed by atoms with Gasteiger partial charge in [0.05, 0.1) is 5.56 Å². The van der Waals surface area contributed by atoms with Crippen LogP contribution in [-0.2, 0) is 4.79 Å². The van der Waals surface area contributed by atoms with E-state index in [0.29, 0.717) is 21.6 Å². The fraction of sp³-hybridized carbons (Fsp3) is 0.0714. The second kappa shape index (κ2) is 6.19. The highest BCUT2D eigenvalue weighted by Crippen LogP contribution is 2.29. The quantitative estimate of drug-likeness (QED) is 0.774. The molecule has 108 valence electrons. The van der Waals surface area contributed by atoms with Crippen molar-refractivity contribution in [3.63, 3.8) is 0 Å². The van der Waals surface area contributed by atoms with Crippen molar-refractivity contribution in [2.75, 3.05) is 6.54 Å². The summed E-state index contributed by atoms with van der Waals surface area (Å²) in [4.78, 5) is 34.4. The summed E-state index contributed by atoms with van der Waals surface area (Å²) in [6.45, 7) is -0.454. The Labute approximate surface area is 124 Å². The maximum Gasteiger partial charge on any atom is 0.322 e. The van der Waals surface area contributed by atoms with E-state index in [1.165, 1.54) is 11.3 Å². The Kier molecular flexibility index (Phi) is 4.34. The van der Waals surface area contributed by atoms with E-state index in [2.05, 4.69) is 5.32 Å². The highest BCUT2D eigenvalue weighted by Gasteiger charge is 2.15. The SMILES string of the molecule is NC(=O)c1csc(-c2ccccc2C(=O)NCC(=O)O)c1. The molecular weight excluding hydrogens is 292 g/mol. The first kappa shape index (κ1) is 14.7. The molecule has 1 aromatic heterocycles. The molecule has 0 unspecified atom stereocenters. The number of carbonyl (C=O) groups is 3. The fourth-order valence-electron chi connectivity index (χ4n) is 1.75. The van der Waals surface area contributed by atoms with Crippen LogP contribution in [0.5, 0.6) is 0 Å². The summed E-state index contributed by atoms with van der Waals surface area (Å²) in [5, 5.41) is 12.5. The summed E-state index contributed by atoms with van der Waals surface area (Å²) in [6, 6.07) is 8.37. The van der Waals surface area contributed by atoms with Crippen LogP contribution in [0.1, 0.15) is 20.7 Å². The number of aliphatic carboxylic acids is 1. The number of primary amides is 1. The molecule has 1 aromatic carbocycles. The molecule has 0 aliphatic rings. The van der Waals surface area contributed by atoms with Crippen LogP contribution in [0.25, 0.3) is 10.4 Å². The van der Waals surface area contributed by atoms with Crippen molar-refractivity contribution in [3.8, 4) is 10.4 Å². The first-order valence-corrected chi connectivity index (χ1v) is 6.84. The molecule has 0 spiro atoms. The van der Waals surface area contributed by atoms with Crippen molar-refractivity contribution in [2.45, 2.75) is 0 Å². The number of carboxylic acids is 1. The Morgan fingerprint density at radius 1 is 1.24 bits per heavy atom. The molecule has 0 saturated carbocycles. The second-order valence-corrected chi connectivity index (χ2v) is 5.10. The number of benzene rings is 1. The standard InChI is InChI=1S/C14H12N2O4S/c15-13(19)8-5-11(21-7-8)9-3-1-2-4-10(9)14(20)16-6-12(17)18/h1-5,7H,6H2,(H2,15,19)(H,16,20)(H,17,18). The van der Waals surface area contributed by atoms with Crippen LogP contribution in [-0.4, -0.2) is 29.4 Å². The van der Waals surface area contributed by atoms with E-state index in [4.69, 9.17) is 10.8 Å². The molecule has 2 aromatic rings. The van der Waals surface area contributed by atoms with Gasteiger partial charge in [-0.2, -0.15) is 0 Å². The number of nitrogens with one attached hydrogen (secondary N) is 1. The van der Waals surface area contributed by atoms with Gasteiger partial charge in [-0.1, -0.05) is 18.2 Å². The Morgan fingerprint density at radius 3 is 2.57 bits per heavy atom. The number of carbonyl (C=O) groups excluding carboxylic acids is 2. The molecule has 0 saturated heterocycles. The molecule has 0 radical (unpaired) electrons. The molecule has 4 N–H and O–H groups in total. The van der Waals surface area contributed by atoms with Crippen molar-refractivity contribution in [1.29, 1.82) is 0 Å². The molecule has 0 aliphatic carbocycles. The average Bonchev–Trinajstić information content (AvgIpc) is 2.94. The number of carboxylic acid groups (broad SMARTS) is 1. The molecule has 21 heavy (non-hydrogen) atoms. The number of amides is 2. The summed E-state index contributed by atoms with van der Waals surface area (Å²) in [7, 11) is 0. The van der Waals surface area contributed by atoms with Crippen molar-refractivity contribution in [1.82, 2.24) is 5.32 Å². The highest BCUT2D eigenvalue weighted by atomic mass is 32.1. The minimum absolute atomic E-state index is 0.344. The van der Waals surface area contributed by atoms with E-state index in [0.717, 1.165) is 0 Å². The predicted molar refractivity (Wildman–Crippen MR) is 78.2 cm³/mol. The fourth-order valence-corrected chi connectivity index (χ4v) is 2.69. The van der Waals surface area contributed by atoms with Crippen LogP contribution in [0.3, 0.4) is 0 Å². The molecule has 0 fully saturated rings. The first-order chi connectivity index (χ1) is 9.99. The van der Waals surface area contributed by atoms with Gasteiger partial charge in [0.25, 0.3) is 5.91 Å². The number of hydrogen-bond donors (Lipinski definition) is 3. The molecule has 0 atom stereocenters. The molecule has 6 nitrogen and oxygen atoms in total. The van der Waals surface area contributed by atoms with Gasteiger partial charge in [-0.3, -0.25) is 14.4 Å². The van der Waals surface area contributed by atoms with E-state index < -0.39 is 24.3 Å². The van der Waals surface area contributed by atoms with E-state index in [1.54, 1.807) is 35.7 Å². The lowest BCUT2D eigenvalue weighted by Crippen LogP contribution is -2.29. The maximum atomic E-state index is 12.0. The molecule has 1 heterocycles. The van der Waals surface area contributed by atoms with Gasteiger partial charge < -0.3 is 16.2 Å². The van der Waals surface area contributed by atoms with E-state index in [9.17, 15) is 14.4 Å². The van der Waals surface area contributed by atoms with Gasteiger partial charge in [-0.15, -0.1) is 11.3 Å². The first-order valence-electron chi connectivity index (χ1n) is 5.96. The van der Waals surface area contributed by atoms with Crippen molar-refractivity contribution < 1.29 is 19.5 Å². The van der Waals surface area contributed by atoms with E-state index in [1.807, 2.05) is 0 Å². The maximum absolute atomic E-state index is 12.0. The highest BCUT2D eigenvalue weighted by molar-refractivity contribution is 7.13. The Hall–Kier alpha value is -2.67. The topological polar surface area (TPSA) is 109 Å². The van der Waals surface area contributed by atoms with E-state index in [-0.39, 0.29) is 0 Å².